The van der Waals surface area contributed by atoms with Gasteiger partial charge in [0.2, 0.25) is 0 Å². The Morgan fingerprint density at radius 2 is 1.90 bits per heavy atom. The Morgan fingerprint density at radius 1 is 1.10 bits per heavy atom. The van der Waals surface area contributed by atoms with Crippen molar-refractivity contribution in [2.45, 2.75) is 40.8 Å². The van der Waals surface area contributed by atoms with Crippen molar-refractivity contribution in [1.82, 2.24) is 25.4 Å². The van der Waals surface area contributed by atoms with Crippen molar-refractivity contribution in [1.29, 1.82) is 0 Å². The van der Waals surface area contributed by atoms with Crippen LogP contribution < -0.4 is 15.4 Å². The fraction of sp³-hybridized carbons (Fsp3) is 0.348. The summed E-state index contributed by atoms with van der Waals surface area (Å²) in [4.78, 5) is 9.23. The number of methoxy groups -OCH3 is 1. The third kappa shape index (κ3) is 6.68. The molecule has 0 amide bonds. The van der Waals surface area contributed by atoms with Gasteiger partial charge in [-0.1, -0.05) is 18.2 Å². The molecule has 2 heterocycles. The molecule has 0 atom stereocenters. The molecule has 0 aliphatic heterocycles. The first-order chi connectivity index (χ1) is 14.5. The van der Waals surface area contributed by atoms with Crippen molar-refractivity contribution in [2.24, 2.45) is 4.99 Å². The summed E-state index contributed by atoms with van der Waals surface area (Å²) >= 11 is 0. The molecule has 2 N–H and O–H groups in total. The van der Waals surface area contributed by atoms with Gasteiger partial charge in [-0.25, -0.2) is 14.7 Å². The van der Waals surface area contributed by atoms with Crippen molar-refractivity contribution >= 4 is 29.9 Å². The number of hydrogen-bond donors (Lipinski definition) is 2. The van der Waals surface area contributed by atoms with Crippen molar-refractivity contribution in [3.63, 3.8) is 0 Å². The number of aromatic nitrogens is 3. The molecule has 0 spiro atoms. The second-order valence-electron chi connectivity index (χ2n) is 7.23. The highest BCUT2D eigenvalue weighted by atomic mass is 127. The van der Waals surface area contributed by atoms with E-state index in [0.717, 1.165) is 46.6 Å². The zero-order valence-electron chi connectivity index (χ0n) is 18.8. The first-order valence-electron chi connectivity index (χ1n) is 10.1. The Kier molecular flexibility index (Phi) is 9.29. The van der Waals surface area contributed by atoms with Crippen LogP contribution in [0.25, 0.3) is 5.82 Å². The van der Waals surface area contributed by atoms with E-state index >= 15 is 0 Å². The van der Waals surface area contributed by atoms with Crippen LogP contribution in [0.3, 0.4) is 0 Å². The van der Waals surface area contributed by atoms with Crippen molar-refractivity contribution in [3.05, 3.63) is 70.7 Å². The molecule has 2 aromatic heterocycles. The third-order valence-electron chi connectivity index (χ3n) is 4.69. The van der Waals surface area contributed by atoms with Crippen LogP contribution in [0.4, 0.5) is 0 Å². The van der Waals surface area contributed by atoms with Gasteiger partial charge in [-0.15, -0.1) is 24.0 Å². The summed E-state index contributed by atoms with van der Waals surface area (Å²) in [6.45, 7) is 10.1. The van der Waals surface area contributed by atoms with E-state index in [0.29, 0.717) is 13.1 Å². The fourth-order valence-corrected chi connectivity index (χ4v) is 3.19. The summed E-state index contributed by atoms with van der Waals surface area (Å²) in [7, 11) is 1.69. The van der Waals surface area contributed by atoms with Gasteiger partial charge in [0.15, 0.2) is 11.8 Å². The maximum Gasteiger partial charge on any atom is 0.191 e. The van der Waals surface area contributed by atoms with Crippen LogP contribution in [-0.4, -0.2) is 34.4 Å². The first-order valence-corrected chi connectivity index (χ1v) is 10.1. The summed E-state index contributed by atoms with van der Waals surface area (Å²) in [5, 5.41) is 11.1. The van der Waals surface area contributed by atoms with Crippen LogP contribution >= 0.6 is 24.0 Å². The Morgan fingerprint density at radius 3 is 2.52 bits per heavy atom. The standard InChI is InChI=1S/C23H30N6O.HI/c1-6-24-23(27-15-20-9-7-16(2)11-21(20)30-5)26-14-19-8-10-22(25-13-19)29-18(4)12-17(3)28-29;/h7-13H,6,14-15H2,1-5H3,(H2,24,26,27);1H. The van der Waals surface area contributed by atoms with Gasteiger partial charge in [0.05, 0.1) is 19.3 Å². The second kappa shape index (κ2) is 11.7. The quantitative estimate of drug-likeness (QED) is 0.272. The molecule has 0 fully saturated rings. The van der Waals surface area contributed by atoms with Gasteiger partial charge in [-0.2, -0.15) is 5.10 Å². The lowest BCUT2D eigenvalue weighted by atomic mass is 10.1. The molecule has 0 radical (unpaired) electrons. The van der Waals surface area contributed by atoms with E-state index < -0.39 is 0 Å². The molecule has 1 aromatic carbocycles. The van der Waals surface area contributed by atoms with Crippen LogP contribution in [0.1, 0.15) is 35.0 Å². The number of pyridine rings is 1. The van der Waals surface area contributed by atoms with Crippen molar-refractivity contribution < 1.29 is 4.74 Å². The van der Waals surface area contributed by atoms with Crippen LogP contribution in [0.15, 0.2) is 47.6 Å². The van der Waals surface area contributed by atoms with Crippen LogP contribution in [0.5, 0.6) is 5.75 Å². The van der Waals surface area contributed by atoms with E-state index in [1.807, 2.05) is 49.0 Å². The monoisotopic (exact) mass is 534 g/mol. The number of guanidine groups is 1. The summed E-state index contributed by atoms with van der Waals surface area (Å²) in [5.41, 5.74) is 5.34. The lowest BCUT2D eigenvalue weighted by Gasteiger charge is -2.14. The molecule has 0 bridgehead atoms. The van der Waals surface area contributed by atoms with E-state index in [2.05, 4.69) is 51.7 Å². The highest BCUT2D eigenvalue weighted by Crippen LogP contribution is 2.19. The van der Waals surface area contributed by atoms with Gasteiger partial charge in [-0.3, -0.25) is 0 Å². The van der Waals surface area contributed by atoms with Crippen LogP contribution in [-0.2, 0) is 13.1 Å². The number of aryl methyl sites for hydroxylation is 3. The second-order valence-corrected chi connectivity index (χ2v) is 7.23. The van der Waals surface area contributed by atoms with Crippen molar-refractivity contribution in [2.75, 3.05) is 13.7 Å². The highest BCUT2D eigenvalue weighted by molar-refractivity contribution is 14.0. The van der Waals surface area contributed by atoms with E-state index in [9.17, 15) is 0 Å². The van der Waals surface area contributed by atoms with E-state index in [4.69, 9.17) is 4.74 Å². The summed E-state index contributed by atoms with van der Waals surface area (Å²) in [6, 6.07) is 12.2. The fourth-order valence-electron chi connectivity index (χ4n) is 3.19. The summed E-state index contributed by atoms with van der Waals surface area (Å²) in [5.74, 6) is 2.44. The maximum atomic E-state index is 5.49. The number of rotatable bonds is 7. The minimum atomic E-state index is 0. The predicted octanol–water partition coefficient (Wildman–Crippen LogP) is 4.07. The average molecular weight is 534 g/mol. The van der Waals surface area contributed by atoms with Gasteiger partial charge in [-0.05, 0) is 57.0 Å². The van der Waals surface area contributed by atoms with Crippen LogP contribution in [0.2, 0.25) is 0 Å². The molecule has 166 valence electrons. The lowest BCUT2D eigenvalue weighted by molar-refractivity contribution is 0.408. The smallest absolute Gasteiger partial charge is 0.191 e. The minimum absolute atomic E-state index is 0. The molecule has 0 saturated heterocycles. The number of nitrogens with one attached hydrogen (secondary N) is 2. The van der Waals surface area contributed by atoms with Gasteiger partial charge in [0.25, 0.3) is 0 Å². The lowest BCUT2D eigenvalue weighted by Crippen LogP contribution is -2.36. The highest BCUT2D eigenvalue weighted by Gasteiger charge is 2.06. The molecule has 0 unspecified atom stereocenters. The molecule has 3 rings (SSSR count). The molecule has 0 aliphatic rings. The molecule has 0 aliphatic carbocycles. The average Bonchev–Trinajstić information content (AvgIpc) is 3.09. The largest absolute Gasteiger partial charge is 0.496 e. The normalized spacial score (nSPS) is 11.1. The third-order valence-corrected chi connectivity index (χ3v) is 4.69. The Bertz CT molecular complexity index is 1010. The topological polar surface area (TPSA) is 76.4 Å². The Labute approximate surface area is 201 Å². The Balaban J connectivity index is 0.00000341. The number of halogens is 1. The van der Waals surface area contributed by atoms with Gasteiger partial charge in [0, 0.05) is 30.5 Å². The molecule has 31 heavy (non-hydrogen) atoms. The summed E-state index contributed by atoms with van der Waals surface area (Å²) in [6.07, 6.45) is 1.85. The number of benzene rings is 1. The molecule has 7 nitrogen and oxygen atoms in total. The SMILES string of the molecule is CCNC(=NCc1ccc(-n2nc(C)cc2C)nc1)NCc1ccc(C)cc1OC.I. The number of aliphatic imine (C=N–C) groups is 1. The molecular formula is C23H31IN6O. The van der Waals surface area contributed by atoms with Crippen LogP contribution in [0, 0.1) is 20.8 Å². The Hall–Kier alpha value is -2.62. The predicted molar refractivity (Wildman–Crippen MR) is 136 cm³/mol. The van der Waals surface area contributed by atoms with E-state index in [-0.39, 0.29) is 24.0 Å². The molecule has 0 saturated carbocycles. The number of nitrogens with zero attached hydrogens (tertiary/aromatic N) is 4. The van der Waals surface area contributed by atoms with E-state index in [1.54, 1.807) is 7.11 Å². The van der Waals surface area contributed by atoms with Gasteiger partial charge < -0.3 is 15.4 Å². The minimum Gasteiger partial charge on any atom is -0.496 e. The maximum absolute atomic E-state index is 5.49. The van der Waals surface area contributed by atoms with Crippen molar-refractivity contribution in [3.8, 4) is 11.6 Å². The zero-order chi connectivity index (χ0) is 21.5. The molecule has 8 heteroatoms. The number of hydrogen-bond acceptors (Lipinski definition) is 4. The van der Waals surface area contributed by atoms with Gasteiger partial charge >= 0.3 is 0 Å². The number of ether oxygens (including phenoxy) is 1. The summed E-state index contributed by atoms with van der Waals surface area (Å²) < 4.78 is 7.34. The first kappa shape index (κ1) is 24.6. The van der Waals surface area contributed by atoms with E-state index in [1.165, 1.54) is 5.56 Å². The molecular weight excluding hydrogens is 503 g/mol. The zero-order valence-corrected chi connectivity index (χ0v) is 21.1. The van der Waals surface area contributed by atoms with Gasteiger partial charge in [0.1, 0.15) is 5.75 Å². The molecule has 3 aromatic rings.